The van der Waals surface area contributed by atoms with Gasteiger partial charge in [-0.3, -0.25) is 14.7 Å². The number of hydrogen-bond donors (Lipinski definition) is 1. The van der Waals surface area contributed by atoms with Crippen LogP contribution in [0.25, 0.3) is 0 Å². The Hall–Kier alpha value is -2.76. The van der Waals surface area contributed by atoms with E-state index in [9.17, 15) is 21.6 Å². The van der Waals surface area contributed by atoms with Gasteiger partial charge in [-0.15, -0.1) is 0 Å². The molecule has 1 aliphatic rings. The molecule has 4 rings (SSSR count). The van der Waals surface area contributed by atoms with E-state index in [0.29, 0.717) is 36.5 Å². The maximum absolute atomic E-state index is 13.0. The van der Waals surface area contributed by atoms with Crippen molar-refractivity contribution in [1.29, 1.82) is 0 Å². The summed E-state index contributed by atoms with van der Waals surface area (Å²) in [7, 11) is -7.34. The Balaban J connectivity index is 1.61. The molecule has 0 spiro atoms. The number of benzene rings is 1. The van der Waals surface area contributed by atoms with Gasteiger partial charge in [-0.2, -0.15) is 0 Å². The maximum Gasteiger partial charge on any atom is 0.267 e. The number of nitrogens with zero attached hydrogens (tertiary/aromatic N) is 3. The lowest BCUT2D eigenvalue weighted by molar-refractivity contribution is 0.237. The van der Waals surface area contributed by atoms with Crippen molar-refractivity contribution in [2.45, 2.75) is 29.6 Å². The summed E-state index contributed by atoms with van der Waals surface area (Å²) in [6.07, 6.45) is 2.89. The van der Waals surface area contributed by atoms with E-state index >= 15 is 0 Å². The lowest BCUT2D eigenvalue weighted by Crippen LogP contribution is -2.36. The zero-order valence-electron chi connectivity index (χ0n) is 16.1. The van der Waals surface area contributed by atoms with Gasteiger partial charge in [0.2, 0.25) is 15.0 Å². The van der Waals surface area contributed by atoms with E-state index in [2.05, 4.69) is 9.97 Å². The first-order valence-corrected chi connectivity index (χ1v) is 12.5. The van der Waals surface area contributed by atoms with Gasteiger partial charge >= 0.3 is 0 Å². The molecule has 0 saturated carbocycles. The molecular weight excluding hydrogens is 428 g/mol. The van der Waals surface area contributed by atoms with Crippen LogP contribution in [0.5, 0.6) is 0 Å². The fourth-order valence-corrected chi connectivity index (χ4v) is 5.40. The van der Waals surface area contributed by atoms with Crippen molar-refractivity contribution in [3.63, 3.8) is 0 Å². The smallest absolute Gasteiger partial charge is 0.267 e. The zero-order valence-corrected chi connectivity index (χ0v) is 17.8. The Bertz CT molecular complexity index is 1360. The quantitative estimate of drug-likeness (QED) is 0.572. The summed E-state index contributed by atoms with van der Waals surface area (Å²) in [4.78, 5) is 21.0. The molecule has 0 radical (unpaired) electrons. The van der Waals surface area contributed by atoms with Gasteiger partial charge < -0.3 is 0 Å². The normalized spacial score (nSPS) is 15.1. The minimum absolute atomic E-state index is 0.195. The Morgan fingerprint density at radius 3 is 2.50 bits per heavy atom. The van der Waals surface area contributed by atoms with Crippen molar-refractivity contribution in [3.05, 3.63) is 76.0 Å². The zero-order chi connectivity index (χ0) is 21.5. The van der Waals surface area contributed by atoms with Crippen LogP contribution in [0.1, 0.15) is 17.0 Å². The maximum atomic E-state index is 13.0. The summed E-state index contributed by atoms with van der Waals surface area (Å²) in [5.74, 6) is 0. The SMILES string of the molecule is CS(=O)(=O)c1nc2c(c(=O)[nH]1)CN(Cc1cccn1S(=O)(=O)c1ccccc1)CC2. The summed E-state index contributed by atoms with van der Waals surface area (Å²) < 4.78 is 50.6. The Kier molecular flexibility index (Phi) is 5.12. The Labute approximate surface area is 174 Å². The van der Waals surface area contributed by atoms with Crippen LogP contribution in [0.4, 0.5) is 0 Å². The number of hydrogen-bond acceptors (Lipinski definition) is 7. The molecule has 0 saturated heterocycles. The van der Waals surface area contributed by atoms with E-state index in [1.165, 1.54) is 10.2 Å². The van der Waals surface area contributed by atoms with Gasteiger partial charge in [0.15, 0.2) is 0 Å². The van der Waals surface area contributed by atoms with Crippen molar-refractivity contribution >= 4 is 19.9 Å². The molecule has 1 N–H and O–H groups in total. The summed E-state index contributed by atoms with van der Waals surface area (Å²) in [5, 5.41) is -0.331. The number of aromatic nitrogens is 3. The summed E-state index contributed by atoms with van der Waals surface area (Å²) in [6.45, 7) is 1.08. The predicted molar refractivity (Wildman–Crippen MR) is 109 cm³/mol. The molecular formula is C19H20N4O5S2. The number of nitrogens with one attached hydrogen (secondary N) is 1. The standard InChI is InChI=1S/C19H20N4O5S2/c1-29(25,26)19-20-17-9-11-22(13-16(17)18(24)21-19)12-14-6-5-10-23(14)30(27,28)15-7-3-2-4-8-15/h2-8,10H,9,11-13H2,1H3,(H,20,21,24). The Morgan fingerprint density at radius 2 is 1.80 bits per heavy atom. The lowest BCUT2D eigenvalue weighted by atomic mass is 10.1. The average molecular weight is 449 g/mol. The minimum atomic E-state index is -3.72. The molecule has 0 unspecified atom stereocenters. The highest BCUT2D eigenvalue weighted by Crippen LogP contribution is 2.21. The van der Waals surface area contributed by atoms with Crippen LogP contribution in [0.3, 0.4) is 0 Å². The molecule has 0 fully saturated rings. The van der Waals surface area contributed by atoms with Crippen molar-refractivity contribution in [3.8, 4) is 0 Å². The van der Waals surface area contributed by atoms with Gasteiger partial charge in [0, 0.05) is 44.2 Å². The van der Waals surface area contributed by atoms with Crippen LogP contribution in [0.2, 0.25) is 0 Å². The van der Waals surface area contributed by atoms with Gasteiger partial charge in [0.1, 0.15) is 0 Å². The van der Waals surface area contributed by atoms with E-state index < -0.39 is 25.4 Å². The number of H-pyrrole nitrogens is 1. The molecule has 2 aromatic heterocycles. The first kappa shape index (κ1) is 20.5. The third-order valence-corrected chi connectivity index (χ3v) is 7.59. The minimum Gasteiger partial charge on any atom is -0.297 e. The summed E-state index contributed by atoms with van der Waals surface area (Å²) in [5.41, 5.74) is 0.942. The fraction of sp³-hybridized carbons (Fsp3) is 0.263. The predicted octanol–water partition coefficient (Wildman–Crippen LogP) is 0.770. The molecule has 30 heavy (non-hydrogen) atoms. The topological polar surface area (TPSA) is 122 Å². The van der Waals surface area contributed by atoms with Crippen LogP contribution in [0, 0.1) is 0 Å². The van der Waals surface area contributed by atoms with Crippen LogP contribution in [-0.4, -0.2) is 48.5 Å². The fourth-order valence-electron chi connectivity index (χ4n) is 3.46. The van der Waals surface area contributed by atoms with Crippen LogP contribution >= 0.6 is 0 Å². The molecule has 0 amide bonds. The summed E-state index contributed by atoms with van der Waals surface area (Å²) >= 11 is 0. The first-order chi connectivity index (χ1) is 14.2. The number of rotatable bonds is 5. The van der Waals surface area contributed by atoms with E-state index in [0.717, 1.165) is 6.26 Å². The molecule has 0 atom stereocenters. The third-order valence-electron chi connectivity index (χ3n) is 4.96. The first-order valence-electron chi connectivity index (χ1n) is 9.17. The number of aromatic amines is 1. The molecule has 158 valence electrons. The number of sulfone groups is 1. The lowest BCUT2D eigenvalue weighted by Gasteiger charge is -2.27. The third kappa shape index (κ3) is 3.83. The van der Waals surface area contributed by atoms with E-state index in [1.54, 1.807) is 42.5 Å². The summed E-state index contributed by atoms with van der Waals surface area (Å²) in [6, 6.07) is 11.6. The van der Waals surface area contributed by atoms with Gasteiger partial charge in [-0.25, -0.2) is 25.8 Å². The van der Waals surface area contributed by atoms with E-state index in [4.69, 9.17) is 0 Å². The molecule has 1 aromatic carbocycles. The van der Waals surface area contributed by atoms with Crippen molar-refractivity contribution in [1.82, 2.24) is 18.8 Å². The van der Waals surface area contributed by atoms with Crippen molar-refractivity contribution in [2.75, 3.05) is 12.8 Å². The van der Waals surface area contributed by atoms with E-state index in [-0.39, 0.29) is 16.6 Å². The van der Waals surface area contributed by atoms with E-state index in [1.807, 2.05) is 4.90 Å². The van der Waals surface area contributed by atoms with Crippen LogP contribution in [0.15, 0.2) is 63.5 Å². The van der Waals surface area contributed by atoms with Crippen LogP contribution < -0.4 is 5.56 Å². The van der Waals surface area contributed by atoms with Crippen molar-refractivity contribution in [2.24, 2.45) is 0 Å². The molecule has 3 aromatic rings. The highest BCUT2D eigenvalue weighted by Gasteiger charge is 2.25. The second kappa shape index (κ2) is 7.49. The molecule has 1 aliphatic heterocycles. The second-order valence-corrected chi connectivity index (χ2v) is 10.9. The monoisotopic (exact) mass is 448 g/mol. The highest BCUT2D eigenvalue weighted by atomic mass is 32.2. The highest BCUT2D eigenvalue weighted by molar-refractivity contribution is 7.90. The average Bonchev–Trinajstić information content (AvgIpc) is 3.17. The van der Waals surface area contributed by atoms with Crippen molar-refractivity contribution < 1.29 is 16.8 Å². The van der Waals surface area contributed by atoms with Gasteiger partial charge in [0.05, 0.1) is 16.2 Å². The molecule has 0 bridgehead atoms. The molecule has 11 heteroatoms. The molecule has 3 heterocycles. The largest absolute Gasteiger partial charge is 0.297 e. The van der Waals surface area contributed by atoms with Gasteiger partial charge in [-0.1, -0.05) is 18.2 Å². The van der Waals surface area contributed by atoms with Gasteiger partial charge in [0.25, 0.3) is 15.6 Å². The van der Waals surface area contributed by atoms with Gasteiger partial charge in [-0.05, 0) is 24.3 Å². The number of fused-ring (bicyclic) bond motifs is 1. The molecule has 0 aliphatic carbocycles. The molecule has 9 nitrogen and oxygen atoms in total. The van der Waals surface area contributed by atoms with Crippen LogP contribution in [-0.2, 0) is 39.4 Å². The Morgan fingerprint density at radius 1 is 1.07 bits per heavy atom. The second-order valence-electron chi connectivity index (χ2n) is 7.14.